The molecule has 9 nitrogen and oxygen atoms in total. The van der Waals surface area contributed by atoms with E-state index in [1.54, 1.807) is 18.2 Å². The van der Waals surface area contributed by atoms with Crippen LogP contribution in [-0.4, -0.2) is 67.8 Å². The van der Waals surface area contributed by atoms with Crippen molar-refractivity contribution in [1.82, 2.24) is 15.2 Å². The van der Waals surface area contributed by atoms with Crippen LogP contribution in [0.25, 0.3) is 0 Å². The molecule has 3 N–H and O–H groups in total. The Kier molecular flexibility index (Phi) is 8.43. The number of rotatable bonds is 8. The van der Waals surface area contributed by atoms with Gasteiger partial charge in [-0.2, -0.15) is 4.98 Å². The Hall–Kier alpha value is -2.95. The van der Waals surface area contributed by atoms with Gasteiger partial charge in [0.1, 0.15) is 23.8 Å². The molecule has 0 radical (unpaired) electrons. The number of carbonyl (C=O) groups is 2. The molecule has 2 heterocycles. The first-order valence-electron chi connectivity index (χ1n) is 10.3. The number of nitrogens with two attached hydrogens (primary N) is 1. The third kappa shape index (κ3) is 6.31. The highest BCUT2D eigenvalue weighted by molar-refractivity contribution is 6.33. The zero-order valence-corrected chi connectivity index (χ0v) is 19.1. The molecule has 11 heteroatoms. The number of likely N-dealkylation sites (tertiary alicyclic amines) is 1. The predicted molar refractivity (Wildman–Crippen MR) is 120 cm³/mol. The minimum Gasteiger partial charge on any atom is -0.480 e. The van der Waals surface area contributed by atoms with E-state index in [2.05, 4.69) is 10.3 Å². The lowest BCUT2D eigenvalue weighted by atomic mass is 10.0. The summed E-state index contributed by atoms with van der Waals surface area (Å²) < 4.78 is 29.6. The minimum absolute atomic E-state index is 0.0281. The second kappa shape index (κ2) is 11.3. The number of hydrogen-bond acceptors (Lipinski definition) is 8. The fourth-order valence-electron chi connectivity index (χ4n) is 3.58. The molecular weight excluding hydrogens is 455 g/mol. The topological polar surface area (TPSA) is 116 Å². The molecule has 2 atom stereocenters. The number of nitrogens with one attached hydrogen (secondary N) is 1. The van der Waals surface area contributed by atoms with E-state index in [0.717, 1.165) is 0 Å². The monoisotopic (exact) mass is 480 g/mol. The molecule has 2 aromatic rings. The number of nitrogens with zero attached hydrogens (tertiary/aromatic N) is 2. The van der Waals surface area contributed by atoms with Crippen molar-refractivity contribution < 1.29 is 28.2 Å². The average molecular weight is 481 g/mol. The summed E-state index contributed by atoms with van der Waals surface area (Å²) in [5.74, 6) is -1.18. The first-order valence-corrected chi connectivity index (χ1v) is 10.6. The number of ether oxygens (including phenoxy) is 3. The number of halogens is 2. The van der Waals surface area contributed by atoms with Crippen LogP contribution >= 0.6 is 11.6 Å². The molecular formula is C22H26ClFN4O5. The van der Waals surface area contributed by atoms with Crippen LogP contribution in [0.2, 0.25) is 5.02 Å². The van der Waals surface area contributed by atoms with E-state index in [-0.39, 0.29) is 47.6 Å². The Bertz CT molecular complexity index is 1010. The van der Waals surface area contributed by atoms with Crippen LogP contribution in [0, 0.1) is 5.82 Å². The number of methoxy groups -OCH3 is 2. The van der Waals surface area contributed by atoms with Crippen LogP contribution in [-0.2, 0) is 20.9 Å². The molecule has 0 aliphatic carbocycles. The van der Waals surface area contributed by atoms with Crippen molar-refractivity contribution in [1.29, 1.82) is 0 Å². The van der Waals surface area contributed by atoms with Crippen molar-refractivity contribution in [2.45, 2.75) is 25.2 Å². The maximum atomic E-state index is 13.7. The van der Waals surface area contributed by atoms with Gasteiger partial charge in [0.2, 0.25) is 5.88 Å². The first-order chi connectivity index (χ1) is 15.8. The van der Waals surface area contributed by atoms with Crippen molar-refractivity contribution in [2.75, 3.05) is 39.6 Å². The van der Waals surface area contributed by atoms with Gasteiger partial charge in [0.05, 0.1) is 30.8 Å². The van der Waals surface area contributed by atoms with Gasteiger partial charge in [-0.3, -0.25) is 14.5 Å². The van der Waals surface area contributed by atoms with E-state index in [9.17, 15) is 14.0 Å². The van der Waals surface area contributed by atoms with Crippen molar-refractivity contribution >= 4 is 29.3 Å². The lowest BCUT2D eigenvalue weighted by Gasteiger charge is -2.37. The van der Waals surface area contributed by atoms with E-state index in [4.69, 9.17) is 31.5 Å². The fourth-order valence-corrected chi connectivity index (χ4v) is 3.73. The fraction of sp³-hybridized carbons (Fsp3) is 0.409. The smallest absolute Gasteiger partial charge is 0.320 e. The molecule has 0 unspecified atom stereocenters. The molecule has 1 aliphatic heterocycles. The summed E-state index contributed by atoms with van der Waals surface area (Å²) in [5, 5.41) is 3.06. The highest BCUT2D eigenvalue weighted by atomic mass is 35.5. The molecule has 1 aliphatic rings. The van der Waals surface area contributed by atoms with Crippen molar-refractivity contribution in [3.05, 3.63) is 52.3 Å². The normalized spacial score (nSPS) is 18.5. The van der Waals surface area contributed by atoms with Crippen molar-refractivity contribution in [3.63, 3.8) is 0 Å². The lowest BCUT2D eigenvalue weighted by Crippen LogP contribution is -2.55. The number of nitrogen functional groups attached to an aromatic ring is 1. The van der Waals surface area contributed by atoms with Crippen LogP contribution in [0.15, 0.2) is 30.3 Å². The summed E-state index contributed by atoms with van der Waals surface area (Å²) in [6.45, 7) is 0.817. The number of piperidine rings is 1. The van der Waals surface area contributed by atoms with Crippen LogP contribution in [0.5, 0.6) is 5.88 Å². The number of esters is 1. The molecule has 1 aromatic carbocycles. The Morgan fingerprint density at radius 3 is 2.79 bits per heavy atom. The largest absolute Gasteiger partial charge is 0.480 e. The van der Waals surface area contributed by atoms with Gasteiger partial charge in [0, 0.05) is 25.8 Å². The zero-order chi connectivity index (χ0) is 24.0. The van der Waals surface area contributed by atoms with Gasteiger partial charge in [0.25, 0.3) is 5.91 Å². The molecule has 0 spiro atoms. The Morgan fingerprint density at radius 2 is 2.09 bits per heavy atom. The molecule has 178 valence electrons. The zero-order valence-electron chi connectivity index (χ0n) is 18.3. The third-order valence-corrected chi connectivity index (χ3v) is 5.67. The van der Waals surface area contributed by atoms with Crippen LogP contribution in [0.4, 0.5) is 10.2 Å². The first kappa shape index (κ1) is 24.7. The summed E-state index contributed by atoms with van der Waals surface area (Å²) in [4.78, 5) is 30.9. The highest BCUT2D eigenvalue weighted by Gasteiger charge is 2.32. The molecule has 0 saturated carbocycles. The summed E-state index contributed by atoms with van der Waals surface area (Å²) in [7, 11) is 2.92. The van der Waals surface area contributed by atoms with E-state index in [0.29, 0.717) is 25.1 Å². The third-order valence-electron chi connectivity index (χ3n) is 5.37. The number of anilines is 1. The molecule has 3 rings (SSSR count). The maximum Gasteiger partial charge on any atom is 0.320 e. The SMILES string of the molecule is COc1nc(N)c(Cl)cc1C(=O)N[C@H]1CCN(CC(=O)OCc2ccccc2F)C[C@H]1OC. The lowest BCUT2D eigenvalue weighted by molar-refractivity contribution is -0.147. The summed E-state index contributed by atoms with van der Waals surface area (Å²) >= 11 is 6.01. The Balaban J connectivity index is 1.55. The summed E-state index contributed by atoms with van der Waals surface area (Å²) in [6.07, 6.45) is 0.161. The van der Waals surface area contributed by atoms with Gasteiger partial charge in [0.15, 0.2) is 0 Å². The van der Waals surface area contributed by atoms with Gasteiger partial charge in [-0.25, -0.2) is 4.39 Å². The molecule has 1 amide bonds. The average Bonchev–Trinajstić information content (AvgIpc) is 2.80. The van der Waals surface area contributed by atoms with E-state index >= 15 is 0 Å². The molecule has 1 fully saturated rings. The second-order valence-corrected chi connectivity index (χ2v) is 7.95. The summed E-state index contributed by atoms with van der Waals surface area (Å²) in [6, 6.07) is 7.22. The predicted octanol–water partition coefficient (Wildman–Crippen LogP) is 2.03. The molecule has 0 bridgehead atoms. The highest BCUT2D eigenvalue weighted by Crippen LogP contribution is 2.25. The van der Waals surface area contributed by atoms with Gasteiger partial charge in [-0.05, 0) is 18.6 Å². The number of benzene rings is 1. The number of carbonyl (C=O) groups excluding carboxylic acids is 2. The van der Waals surface area contributed by atoms with Crippen LogP contribution in [0.1, 0.15) is 22.3 Å². The quantitative estimate of drug-likeness (QED) is 0.551. The van der Waals surface area contributed by atoms with Crippen LogP contribution < -0.4 is 15.8 Å². The van der Waals surface area contributed by atoms with Gasteiger partial charge < -0.3 is 25.3 Å². The Labute approximate surface area is 195 Å². The summed E-state index contributed by atoms with van der Waals surface area (Å²) in [5.41, 5.74) is 6.15. The number of amides is 1. The number of aromatic nitrogens is 1. The Morgan fingerprint density at radius 1 is 1.33 bits per heavy atom. The molecule has 33 heavy (non-hydrogen) atoms. The maximum absolute atomic E-state index is 13.7. The van der Waals surface area contributed by atoms with E-state index in [1.165, 1.54) is 26.4 Å². The van der Waals surface area contributed by atoms with Gasteiger partial charge >= 0.3 is 5.97 Å². The van der Waals surface area contributed by atoms with E-state index < -0.39 is 17.7 Å². The second-order valence-electron chi connectivity index (χ2n) is 7.54. The van der Waals surface area contributed by atoms with E-state index in [1.807, 2.05) is 4.90 Å². The van der Waals surface area contributed by atoms with Gasteiger partial charge in [-0.15, -0.1) is 0 Å². The van der Waals surface area contributed by atoms with Crippen molar-refractivity contribution in [3.8, 4) is 5.88 Å². The van der Waals surface area contributed by atoms with Crippen molar-refractivity contribution in [2.24, 2.45) is 0 Å². The molecule has 1 saturated heterocycles. The number of pyridine rings is 1. The number of hydrogen-bond donors (Lipinski definition) is 2. The van der Waals surface area contributed by atoms with Gasteiger partial charge in [-0.1, -0.05) is 29.8 Å². The molecule has 1 aromatic heterocycles. The minimum atomic E-state index is -0.470. The standard InChI is InChI=1S/C22H26ClFN4O5/c1-31-18-10-28(11-19(29)33-12-13-5-3-4-6-16(13)24)8-7-17(18)26-21(30)14-9-15(23)20(25)27-22(14)32-2/h3-6,9,17-18H,7-8,10-12H2,1-2H3,(H2,25,27)(H,26,30)/t17-,18+/m0/s1. The van der Waals surface area contributed by atoms with Crippen LogP contribution in [0.3, 0.4) is 0 Å².